The predicted octanol–water partition coefficient (Wildman–Crippen LogP) is 2.73. The number of aryl methyl sites for hydroxylation is 2. The third kappa shape index (κ3) is 2.63. The van der Waals surface area contributed by atoms with E-state index >= 15 is 0 Å². The lowest BCUT2D eigenvalue weighted by Crippen LogP contribution is -2.27. The lowest BCUT2D eigenvalue weighted by molar-refractivity contribution is 0.0584. The van der Waals surface area contributed by atoms with Gasteiger partial charge in [-0.25, -0.2) is 0 Å². The second-order valence-electron chi connectivity index (χ2n) is 4.90. The van der Waals surface area contributed by atoms with Crippen molar-refractivity contribution < 1.29 is 4.74 Å². The fourth-order valence-electron chi connectivity index (χ4n) is 2.55. The van der Waals surface area contributed by atoms with Gasteiger partial charge in [0.05, 0.1) is 0 Å². The minimum atomic E-state index is 0.169. The SMILES string of the molecule is Cc1cc(C)cc([C@@H](N)C2CCOCC2)c1. The Labute approximate surface area is 97.8 Å². The van der Waals surface area contributed by atoms with Crippen LogP contribution in [-0.2, 0) is 4.74 Å². The van der Waals surface area contributed by atoms with Gasteiger partial charge in [-0.3, -0.25) is 0 Å². The molecule has 0 aliphatic carbocycles. The molecule has 1 atom stereocenters. The van der Waals surface area contributed by atoms with Gasteiger partial charge < -0.3 is 10.5 Å². The van der Waals surface area contributed by atoms with E-state index in [1.807, 2.05) is 0 Å². The maximum atomic E-state index is 6.35. The molecule has 1 aromatic rings. The van der Waals surface area contributed by atoms with E-state index in [4.69, 9.17) is 10.5 Å². The normalized spacial score (nSPS) is 19.7. The molecule has 0 radical (unpaired) electrons. The molecule has 1 saturated heterocycles. The lowest BCUT2D eigenvalue weighted by atomic mass is 9.87. The molecule has 0 aromatic heterocycles. The fraction of sp³-hybridized carbons (Fsp3) is 0.571. The van der Waals surface area contributed by atoms with Gasteiger partial charge in [0.2, 0.25) is 0 Å². The van der Waals surface area contributed by atoms with E-state index in [-0.39, 0.29) is 6.04 Å². The first-order chi connectivity index (χ1) is 7.66. The van der Waals surface area contributed by atoms with E-state index in [9.17, 15) is 0 Å². The highest BCUT2D eigenvalue weighted by Crippen LogP contribution is 2.28. The van der Waals surface area contributed by atoms with E-state index < -0.39 is 0 Å². The topological polar surface area (TPSA) is 35.2 Å². The summed E-state index contributed by atoms with van der Waals surface area (Å²) in [6.45, 7) is 5.99. The van der Waals surface area contributed by atoms with Gasteiger partial charge in [0.1, 0.15) is 0 Å². The van der Waals surface area contributed by atoms with Gasteiger partial charge in [0, 0.05) is 19.3 Å². The van der Waals surface area contributed by atoms with Crippen molar-refractivity contribution in [2.24, 2.45) is 11.7 Å². The molecule has 1 aliphatic rings. The fourth-order valence-corrected chi connectivity index (χ4v) is 2.55. The Bertz CT molecular complexity index is 336. The van der Waals surface area contributed by atoms with Crippen molar-refractivity contribution in [1.82, 2.24) is 0 Å². The van der Waals surface area contributed by atoms with Crippen LogP contribution in [-0.4, -0.2) is 13.2 Å². The molecule has 88 valence electrons. The van der Waals surface area contributed by atoms with Crippen molar-refractivity contribution in [3.05, 3.63) is 34.9 Å². The average molecular weight is 219 g/mol. The molecule has 0 saturated carbocycles. The highest BCUT2D eigenvalue weighted by atomic mass is 16.5. The van der Waals surface area contributed by atoms with Crippen molar-refractivity contribution in [3.8, 4) is 0 Å². The highest BCUT2D eigenvalue weighted by molar-refractivity contribution is 5.30. The molecule has 1 aliphatic heterocycles. The average Bonchev–Trinajstić information content (AvgIpc) is 2.28. The zero-order valence-electron chi connectivity index (χ0n) is 10.2. The van der Waals surface area contributed by atoms with Gasteiger partial charge in [-0.2, -0.15) is 0 Å². The first-order valence-corrected chi connectivity index (χ1v) is 6.08. The summed E-state index contributed by atoms with van der Waals surface area (Å²) < 4.78 is 5.38. The standard InChI is InChI=1S/C14H21NO/c1-10-7-11(2)9-13(8-10)14(15)12-3-5-16-6-4-12/h7-9,12,14H,3-6,15H2,1-2H3/t14-/m0/s1. The van der Waals surface area contributed by atoms with Crippen molar-refractivity contribution in [2.45, 2.75) is 32.7 Å². The molecule has 2 nitrogen and oxygen atoms in total. The molecule has 2 rings (SSSR count). The Hall–Kier alpha value is -0.860. The van der Waals surface area contributed by atoms with Crippen LogP contribution in [0.4, 0.5) is 0 Å². The number of benzene rings is 1. The van der Waals surface area contributed by atoms with Crippen LogP contribution in [0.3, 0.4) is 0 Å². The third-order valence-corrected chi connectivity index (χ3v) is 3.40. The van der Waals surface area contributed by atoms with Crippen LogP contribution >= 0.6 is 0 Å². The second kappa shape index (κ2) is 4.98. The number of rotatable bonds is 2. The maximum absolute atomic E-state index is 6.35. The van der Waals surface area contributed by atoms with Crippen LogP contribution in [0.2, 0.25) is 0 Å². The maximum Gasteiger partial charge on any atom is 0.0469 e. The van der Waals surface area contributed by atoms with Gasteiger partial charge in [0.25, 0.3) is 0 Å². The molecule has 2 heteroatoms. The van der Waals surface area contributed by atoms with Crippen LogP contribution < -0.4 is 5.73 Å². The molecule has 2 N–H and O–H groups in total. The summed E-state index contributed by atoms with van der Waals surface area (Å²) >= 11 is 0. The van der Waals surface area contributed by atoms with Crippen LogP contribution in [0.15, 0.2) is 18.2 Å². The largest absolute Gasteiger partial charge is 0.381 e. The molecule has 1 fully saturated rings. The zero-order valence-corrected chi connectivity index (χ0v) is 10.2. The molecule has 1 aromatic carbocycles. The third-order valence-electron chi connectivity index (χ3n) is 3.40. The van der Waals surface area contributed by atoms with Crippen molar-refractivity contribution in [2.75, 3.05) is 13.2 Å². The molecular weight excluding hydrogens is 198 g/mol. The molecule has 0 bridgehead atoms. The Morgan fingerprint density at radius 2 is 1.69 bits per heavy atom. The van der Waals surface area contributed by atoms with E-state index in [1.165, 1.54) is 16.7 Å². The molecular formula is C14H21NO. The second-order valence-corrected chi connectivity index (χ2v) is 4.90. The first kappa shape index (κ1) is 11.6. The molecule has 1 heterocycles. The van der Waals surface area contributed by atoms with Crippen LogP contribution in [0.25, 0.3) is 0 Å². The van der Waals surface area contributed by atoms with E-state index in [0.29, 0.717) is 5.92 Å². The van der Waals surface area contributed by atoms with Gasteiger partial charge in [-0.05, 0) is 38.2 Å². The van der Waals surface area contributed by atoms with Crippen molar-refractivity contribution in [3.63, 3.8) is 0 Å². The van der Waals surface area contributed by atoms with Gasteiger partial charge in [0.15, 0.2) is 0 Å². The van der Waals surface area contributed by atoms with E-state index in [1.54, 1.807) is 0 Å². The van der Waals surface area contributed by atoms with Gasteiger partial charge in [-0.1, -0.05) is 29.3 Å². The summed E-state index contributed by atoms with van der Waals surface area (Å²) in [5, 5.41) is 0. The van der Waals surface area contributed by atoms with Crippen molar-refractivity contribution in [1.29, 1.82) is 0 Å². The van der Waals surface area contributed by atoms with E-state index in [2.05, 4.69) is 32.0 Å². The first-order valence-electron chi connectivity index (χ1n) is 6.08. The molecule has 0 spiro atoms. The molecule has 0 unspecified atom stereocenters. The zero-order chi connectivity index (χ0) is 11.5. The molecule has 16 heavy (non-hydrogen) atoms. The minimum absolute atomic E-state index is 0.169. The van der Waals surface area contributed by atoms with Gasteiger partial charge in [-0.15, -0.1) is 0 Å². The Morgan fingerprint density at radius 3 is 2.25 bits per heavy atom. The summed E-state index contributed by atoms with van der Waals surface area (Å²) in [6.07, 6.45) is 2.18. The van der Waals surface area contributed by atoms with E-state index in [0.717, 1.165) is 26.1 Å². The molecule has 0 amide bonds. The summed E-state index contributed by atoms with van der Waals surface area (Å²) in [6, 6.07) is 6.79. The quantitative estimate of drug-likeness (QED) is 0.830. The summed E-state index contributed by atoms with van der Waals surface area (Å²) in [7, 11) is 0. The van der Waals surface area contributed by atoms with Gasteiger partial charge >= 0.3 is 0 Å². The summed E-state index contributed by atoms with van der Waals surface area (Å²) in [5.41, 5.74) is 10.2. The van der Waals surface area contributed by atoms with Crippen molar-refractivity contribution >= 4 is 0 Å². The smallest absolute Gasteiger partial charge is 0.0469 e. The number of hydrogen-bond acceptors (Lipinski definition) is 2. The Kier molecular flexibility index (Phi) is 3.62. The Balaban J connectivity index is 2.15. The summed E-state index contributed by atoms with van der Waals surface area (Å²) in [4.78, 5) is 0. The number of ether oxygens (including phenoxy) is 1. The number of nitrogens with two attached hydrogens (primary N) is 1. The van der Waals surface area contributed by atoms with Crippen LogP contribution in [0.1, 0.15) is 35.6 Å². The lowest BCUT2D eigenvalue weighted by Gasteiger charge is -2.28. The number of hydrogen-bond donors (Lipinski definition) is 1. The minimum Gasteiger partial charge on any atom is -0.381 e. The van der Waals surface area contributed by atoms with Crippen LogP contribution in [0.5, 0.6) is 0 Å². The summed E-state index contributed by atoms with van der Waals surface area (Å²) in [5.74, 6) is 0.579. The monoisotopic (exact) mass is 219 g/mol. The van der Waals surface area contributed by atoms with Crippen LogP contribution in [0, 0.1) is 19.8 Å². The predicted molar refractivity (Wildman–Crippen MR) is 66.4 cm³/mol. The highest BCUT2D eigenvalue weighted by Gasteiger charge is 2.22. The Morgan fingerprint density at radius 1 is 1.12 bits per heavy atom.